The van der Waals surface area contributed by atoms with Crippen molar-refractivity contribution in [1.82, 2.24) is 29.5 Å². The first kappa shape index (κ1) is 15.8. The van der Waals surface area contributed by atoms with Crippen molar-refractivity contribution in [2.24, 2.45) is 7.05 Å². The van der Waals surface area contributed by atoms with Crippen LogP contribution in [0.3, 0.4) is 0 Å². The van der Waals surface area contributed by atoms with Gasteiger partial charge in [0.25, 0.3) is 0 Å². The van der Waals surface area contributed by atoms with Gasteiger partial charge in [0.1, 0.15) is 10.8 Å². The second-order valence-corrected chi connectivity index (χ2v) is 7.21. The predicted molar refractivity (Wildman–Crippen MR) is 101 cm³/mol. The maximum absolute atomic E-state index is 6.50. The molecule has 130 valence electrons. The SMILES string of the molecule is Cn1ccc(-c2nc(Cl)c3cn(-c4cc5c(cc4Cl)CCC5)nc3n2)n1. The molecule has 0 unspecified atom stereocenters. The molecule has 0 spiro atoms. The molecule has 1 aromatic carbocycles. The molecule has 3 heterocycles. The second kappa shape index (κ2) is 5.79. The van der Waals surface area contributed by atoms with Crippen LogP contribution in [-0.2, 0) is 19.9 Å². The second-order valence-electron chi connectivity index (χ2n) is 6.45. The van der Waals surface area contributed by atoms with Crippen molar-refractivity contribution in [3.8, 4) is 17.2 Å². The van der Waals surface area contributed by atoms with Gasteiger partial charge in [0.05, 0.1) is 16.1 Å². The molecule has 0 saturated carbocycles. The van der Waals surface area contributed by atoms with E-state index in [1.807, 2.05) is 31.6 Å². The summed E-state index contributed by atoms with van der Waals surface area (Å²) >= 11 is 12.9. The third-order valence-corrected chi connectivity index (χ3v) is 5.27. The van der Waals surface area contributed by atoms with Crippen LogP contribution in [-0.4, -0.2) is 29.5 Å². The van der Waals surface area contributed by atoms with E-state index in [0.717, 1.165) is 18.5 Å². The molecular weight excluding hydrogens is 371 g/mol. The quantitative estimate of drug-likeness (QED) is 0.489. The highest BCUT2D eigenvalue weighted by Gasteiger charge is 2.18. The highest BCUT2D eigenvalue weighted by atomic mass is 35.5. The summed E-state index contributed by atoms with van der Waals surface area (Å²) in [5.41, 5.74) is 4.66. The van der Waals surface area contributed by atoms with E-state index in [9.17, 15) is 0 Å². The van der Waals surface area contributed by atoms with Crippen molar-refractivity contribution in [2.45, 2.75) is 19.3 Å². The lowest BCUT2D eigenvalue weighted by Crippen LogP contribution is -1.98. The number of nitrogens with zero attached hydrogens (tertiary/aromatic N) is 6. The minimum Gasteiger partial charge on any atom is -0.275 e. The van der Waals surface area contributed by atoms with Gasteiger partial charge in [-0.3, -0.25) is 4.68 Å². The summed E-state index contributed by atoms with van der Waals surface area (Å²) < 4.78 is 3.42. The smallest absolute Gasteiger partial charge is 0.186 e. The molecule has 6 nitrogen and oxygen atoms in total. The Morgan fingerprint density at radius 1 is 1.04 bits per heavy atom. The van der Waals surface area contributed by atoms with Crippen molar-refractivity contribution in [1.29, 1.82) is 0 Å². The number of hydrogen-bond donors (Lipinski definition) is 0. The summed E-state index contributed by atoms with van der Waals surface area (Å²) in [5, 5.41) is 10.6. The molecule has 1 aliphatic rings. The van der Waals surface area contributed by atoms with Gasteiger partial charge in [0.2, 0.25) is 0 Å². The fourth-order valence-electron chi connectivity index (χ4n) is 3.40. The number of benzene rings is 1. The molecule has 4 aromatic rings. The molecule has 5 rings (SSSR count). The van der Waals surface area contributed by atoms with Crippen LogP contribution in [0.2, 0.25) is 10.2 Å². The van der Waals surface area contributed by atoms with Crippen LogP contribution >= 0.6 is 23.2 Å². The van der Waals surface area contributed by atoms with E-state index in [-0.39, 0.29) is 0 Å². The van der Waals surface area contributed by atoms with Crippen LogP contribution in [0.4, 0.5) is 0 Å². The molecule has 0 aliphatic heterocycles. The number of hydrogen-bond acceptors (Lipinski definition) is 4. The van der Waals surface area contributed by atoms with Gasteiger partial charge in [0.15, 0.2) is 11.5 Å². The number of rotatable bonds is 2. The Labute approximate surface area is 159 Å². The lowest BCUT2D eigenvalue weighted by atomic mass is 10.1. The topological polar surface area (TPSA) is 61.4 Å². The Bertz CT molecular complexity index is 1160. The molecule has 8 heteroatoms. The zero-order valence-electron chi connectivity index (χ0n) is 13.9. The average Bonchev–Trinajstić information content (AvgIpc) is 3.32. The van der Waals surface area contributed by atoms with Gasteiger partial charge >= 0.3 is 0 Å². The average molecular weight is 385 g/mol. The van der Waals surface area contributed by atoms with Crippen LogP contribution in [0.25, 0.3) is 28.2 Å². The maximum Gasteiger partial charge on any atom is 0.186 e. The Kier molecular flexibility index (Phi) is 3.52. The van der Waals surface area contributed by atoms with E-state index < -0.39 is 0 Å². The van der Waals surface area contributed by atoms with E-state index >= 15 is 0 Å². The van der Waals surface area contributed by atoms with Crippen molar-refractivity contribution in [2.75, 3.05) is 0 Å². The van der Waals surface area contributed by atoms with Crippen molar-refractivity contribution in [3.63, 3.8) is 0 Å². The summed E-state index contributed by atoms with van der Waals surface area (Å²) in [7, 11) is 1.84. The standard InChI is InChI=1S/C18H14Cl2N6/c1-25-6-5-14(23-25)18-21-16(20)12-9-26(24-17(12)22-18)15-8-11-4-2-3-10(11)7-13(15)19/h5-9H,2-4H2,1H3. The highest BCUT2D eigenvalue weighted by molar-refractivity contribution is 6.34. The van der Waals surface area contributed by atoms with Gasteiger partial charge in [-0.05, 0) is 48.6 Å². The Hall–Kier alpha value is -2.44. The van der Waals surface area contributed by atoms with Gasteiger partial charge in [-0.2, -0.15) is 5.10 Å². The van der Waals surface area contributed by atoms with E-state index in [2.05, 4.69) is 26.2 Å². The maximum atomic E-state index is 6.50. The number of aryl methyl sites for hydroxylation is 3. The summed E-state index contributed by atoms with van der Waals surface area (Å²) in [6.45, 7) is 0. The molecule has 0 amide bonds. The third kappa shape index (κ3) is 2.48. The minimum atomic E-state index is 0.346. The fraction of sp³-hybridized carbons (Fsp3) is 0.222. The number of aromatic nitrogens is 6. The first-order valence-electron chi connectivity index (χ1n) is 8.33. The number of halogens is 2. The largest absolute Gasteiger partial charge is 0.275 e. The van der Waals surface area contributed by atoms with Crippen molar-refractivity contribution >= 4 is 34.2 Å². The minimum absolute atomic E-state index is 0.346. The monoisotopic (exact) mass is 384 g/mol. The molecule has 1 aliphatic carbocycles. The van der Waals surface area contributed by atoms with Crippen LogP contribution in [0.1, 0.15) is 17.5 Å². The molecule has 0 N–H and O–H groups in total. The first-order chi connectivity index (χ1) is 12.6. The highest BCUT2D eigenvalue weighted by Crippen LogP contribution is 2.32. The van der Waals surface area contributed by atoms with Gasteiger partial charge in [-0.25, -0.2) is 14.6 Å². The zero-order chi connectivity index (χ0) is 17.8. The van der Waals surface area contributed by atoms with E-state index in [4.69, 9.17) is 23.2 Å². The first-order valence-corrected chi connectivity index (χ1v) is 9.09. The van der Waals surface area contributed by atoms with Gasteiger partial charge in [-0.15, -0.1) is 5.10 Å². The van der Waals surface area contributed by atoms with Crippen LogP contribution in [0.15, 0.2) is 30.6 Å². The summed E-state index contributed by atoms with van der Waals surface area (Å²) in [6.07, 6.45) is 6.98. The summed E-state index contributed by atoms with van der Waals surface area (Å²) in [6, 6.07) is 5.99. The third-order valence-electron chi connectivity index (χ3n) is 4.68. The molecule has 0 bridgehead atoms. The summed E-state index contributed by atoms with van der Waals surface area (Å²) in [5.74, 6) is 0.452. The van der Waals surface area contributed by atoms with E-state index in [0.29, 0.717) is 32.7 Å². The van der Waals surface area contributed by atoms with E-state index in [1.54, 1.807) is 9.36 Å². The molecule has 26 heavy (non-hydrogen) atoms. The van der Waals surface area contributed by atoms with Crippen molar-refractivity contribution in [3.05, 3.63) is 51.9 Å². The molecule has 0 radical (unpaired) electrons. The Morgan fingerprint density at radius 3 is 2.62 bits per heavy atom. The molecule has 0 saturated heterocycles. The Balaban J connectivity index is 1.66. The molecular formula is C18H14Cl2N6. The van der Waals surface area contributed by atoms with Crippen LogP contribution < -0.4 is 0 Å². The lowest BCUT2D eigenvalue weighted by molar-refractivity contribution is 0.769. The van der Waals surface area contributed by atoms with Crippen LogP contribution in [0.5, 0.6) is 0 Å². The fourth-order valence-corrected chi connectivity index (χ4v) is 3.89. The van der Waals surface area contributed by atoms with Crippen molar-refractivity contribution < 1.29 is 0 Å². The zero-order valence-corrected chi connectivity index (χ0v) is 15.5. The van der Waals surface area contributed by atoms with Gasteiger partial charge in [-0.1, -0.05) is 23.2 Å². The molecule has 0 fully saturated rings. The Morgan fingerprint density at radius 2 is 1.85 bits per heavy atom. The van der Waals surface area contributed by atoms with Gasteiger partial charge < -0.3 is 0 Å². The predicted octanol–water partition coefficient (Wildman–Crippen LogP) is 4.01. The number of fused-ring (bicyclic) bond motifs is 2. The lowest BCUT2D eigenvalue weighted by Gasteiger charge is -2.07. The molecule has 3 aromatic heterocycles. The summed E-state index contributed by atoms with van der Waals surface area (Å²) in [4.78, 5) is 8.89. The molecule has 0 atom stereocenters. The normalized spacial score (nSPS) is 13.5. The van der Waals surface area contributed by atoms with E-state index in [1.165, 1.54) is 17.5 Å². The van der Waals surface area contributed by atoms with Crippen LogP contribution in [0, 0.1) is 0 Å². The van der Waals surface area contributed by atoms with Gasteiger partial charge in [0, 0.05) is 19.4 Å².